The predicted molar refractivity (Wildman–Crippen MR) is 104 cm³/mol. The second-order valence-electron chi connectivity index (χ2n) is 7.19. The summed E-state index contributed by atoms with van der Waals surface area (Å²) in [6.07, 6.45) is 0.0395. The molecule has 0 radical (unpaired) electrons. The maximum absolute atomic E-state index is 12.7. The monoisotopic (exact) mass is 385 g/mol. The number of carbonyl (C=O) groups excluding carboxylic acids is 2. The molecule has 1 unspecified atom stereocenters. The Morgan fingerprint density at radius 3 is 2.54 bits per heavy atom. The molecule has 1 atom stereocenters. The lowest BCUT2D eigenvalue weighted by molar-refractivity contribution is 0.0518. The maximum Gasteiger partial charge on any atom is 0.410 e. The molecule has 7 heteroatoms. The van der Waals surface area contributed by atoms with E-state index in [0.717, 1.165) is 28.8 Å². The topological polar surface area (TPSA) is 73.7 Å². The van der Waals surface area contributed by atoms with Crippen LogP contribution in [0.4, 0.5) is 4.79 Å². The first-order chi connectivity index (χ1) is 13.4. The van der Waals surface area contributed by atoms with Gasteiger partial charge in [0.05, 0.1) is 18.8 Å². The third kappa shape index (κ3) is 4.52. The van der Waals surface area contributed by atoms with Crippen LogP contribution >= 0.6 is 0 Å². The number of hydrogen-bond donors (Lipinski definition) is 0. The summed E-state index contributed by atoms with van der Waals surface area (Å²) >= 11 is 0. The van der Waals surface area contributed by atoms with Crippen LogP contribution in [0.15, 0.2) is 24.3 Å². The highest BCUT2D eigenvalue weighted by atomic mass is 16.6. The van der Waals surface area contributed by atoms with Crippen molar-refractivity contribution in [2.24, 2.45) is 0 Å². The molecule has 150 valence electrons. The fourth-order valence-corrected chi connectivity index (χ4v) is 3.46. The first-order valence-electron chi connectivity index (χ1n) is 9.65. The average molecular weight is 385 g/mol. The minimum absolute atomic E-state index is 0.274. The Morgan fingerprint density at radius 1 is 1.14 bits per heavy atom. The number of amides is 1. The Hall–Kier alpha value is -2.83. The zero-order chi connectivity index (χ0) is 20.3. The average Bonchev–Trinajstić information content (AvgIpc) is 2.92. The Labute approximate surface area is 165 Å². The first-order valence-corrected chi connectivity index (χ1v) is 9.65. The van der Waals surface area contributed by atoms with Gasteiger partial charge in [-0.25, -0.2) is 9.59 Å². The van der Waals surface area contributed by atoms with Gasteiger partial charge in [0.2, 0.25) is 0 Å². The molecule has 0 fully saturated rings. The van der Waals surface area contributed by atoms with Gasteiger partial charge in [-0.15, -0.1) is 0 Å². The molecule has 0 N–H and O–H groups in total. The summed E-state index contributed by atoms with van der Waals surface area (Å²) in [6, 6.07) is 7.86. The van der Waals surface area contributed by atoms with E-state index in [4.69, 9.17) is 9.47 Å². The number of esters is 1. The fraction of sp³-hybridized carbons (Fsp3) is 0.476. The number of aromatic nitrogens is 2. The molecule has 28 heavy (non-hydrogen) atoms. The number of nitrogens with zero attached hydrogens (tertiary/aromatic N) is 3. The molecule has 1 aromatic carbocycles. The maximum atomic E-state index is 12.7. The van der Waals surface area contributed by atoms with Crippen molar-refractivity contribution < 1.29 is 19.1 Å². The van der Waals surface area contributed by atoms with Crippen molar-refractivity contribution in [1.29, 1.82) is 0 Å². The third-order valence-corrected chi connectivity index (χ3v) is 4.75. The summed E-state index contributed by atoms with van der Waals surface area (Å²) in [5.74, 6) is -0.444. The van der Waals surface area contributed by atoms with E-state index < -0.39 is 5.97 Å². The zero-order valence-corrected chi connectivity index (χ0v) is 16.9. The lowest BCUT2D eigenvalue weighted by Crippen LogP contribution is -2.32. The molecule has 7 nitrogen and oxygen atoms in total. The molecule has 0 saturated carbocycles. The van der Waals surface area contributed by atoms with Gasteiger partial charge in [-0.2, -0.15) is 5.10 Å². The highest BCUT2D eigenvalue weighted by molar-refractivity contribution is 5.87. The van der Waals surface area contributed by atoms with E-state index in [1.807, 2.05) is 32.9 Å². The van der Waals surface area contributed by atoms with Gasteiger partial charge in [-0.3, -0.25) is 4.68 Å². The van der Waals surface area contributed by atoms with Gasteiger partial charge in [0, 0.05) is 13.1 Å². The molecule has 0 saturated heterocycles. The number of ether oxygens (including phenoxy) is 2. The van der Waals surface area contributed by atoms with E-state index in [1.54, 1.807) is 22.6 Å². The highest BCUT2D eigenvalue weighted by Crippen LogP contribution is 2.22. The summed E-state index contributed by atoms with van der Waals surface area (Å²) in [6.45, 7) is 9.58. The Morgan fingerprint density at radius 2 is 1.86 bits per heavy atom. The fourth-order valence-electron chi connectivity index (χ4n) is 3.46. The van der Waals surface area contributed by atoms with E-state index in [2.05, 4.69) is 11.2 Å². The van der Waals surface area contributed by atoms with E-state index in [-0.39, 0.29) is 17.9 Å². The van der Waals surface area contributed by atoms with Gasteiger partial charge in [0.15, 0.2) is 5.69 Å². The van der Waals surface area contributed by atoms with E-state index >= 15 is 0 Å². The van der Waals surface area contributed by atoms with Gasteiger partial charge < -0.3 is 14.4 Å². The van der Waals surface area contributed by atoms with Crippen LogP contribution < -0.4 is 0 Å². The van der Waals surface area contributed by atoms with Crippen LogP contribution in [0.1, 0.15) is 59.2 Å². The van der Waals surface area contributed by atoms with Crippen LogP contribution in [-0.4, -0.2) is 39.9 Å². The van der Waals surface area contributed by atoms with Crippen molar-refractivity contribution in [3.63, 3.8) is 0 Å². The molecule has 1 amide bonds. The minimum atomic E-state index is -0.444. The van der Waals surface area contributed by atoms with E-state index in [0.29, 0.717) is 26.2 Å². The van der Waals surface area contributed by atoms with Crippen molar-refractivity contribution >= 4 is 12.1 Å². The number of carbonyl (C=O) groups is 2. The SMILES string of the molecule is CCOC(=O)c1cc2n(n1)CCCN(C(=O)OC(C)c1cc(C)cc(C)c1)C2. The summed E-state index contributed by atoms with van der Waals surface area (Å²) < 4.78 is 12.5. The summed E-state index contributed by atoms with van der Waals surface area (Å²) in [7, 11) is 0. The first kappa shape index (κ1) is 19.9. The quantitative estimate of drug-likeness (QED) is 0.749. The Bertz CT molecular complexity index is 854. The van der Waals surface area contributed by atoms with Crippen molar-refractivity contribution in [1.82, 2.24) is 14.7 Å². The lowest BCUT2D eigenvalue weighted by Gasteiger charge is -2.23. The summed E-state index contributed by atoms with van der Waals surface area (Å²) in [5, 5.41) is 4.31. The van der Waals surface area contributed by atoms with Crippen molar-refractivity contribution in [3.05, 3.63) is 52.3 Å². The van der Waals surface area contributed by atoms with Crippen LogP contribution in [0.3, 0.4) is 0 Å². The Kier molecular flexibility index (Phi) is 6.02. The van der Waals surface area contributed by atoms with Crippen molar-refractivity contribution in [2.75, 3.05) is 13.2 Å². The molecular weight excluding hydrogens is 358 g/mol. The molecule has 3 rings (SSSR count). The highest BCUT2D eigenvalue weighted by Gasteiger charge is 2.25. The van der Waals surface area contributed by atoms with Gasteiger partial charge in [-0.1, -0.05) is 29.3 Å². The molecular formula is C21H27N3O4. The van der Waals surface area contributed by atoms with Gasteiger partial charge in [0.25, 0.3) is 0 Å². The van der Waals surface area contributed by atoms with Gasteiger partial charge >= 0.3 is 12.1 Å². The summed E-state index contributed by atoms with van der Waals surface area (Å²) in [4.78, 5) is 26.3. The van der Waals surface area contributed by atoms with Crippen molar-refractivity contribution in [3.8, 4) is 0 Å². The zero-order valence-electron chi connectivity index (χ0n) is 16.9. The molecule has 0 spiro atoms. The molecule has 2 aromatic rings. The number of hydrogen-bond acceptors (Lipinski definition) is 5. The third-order valence-electron chi connectivity index (χ3n) is 4.75. The number of fused-ring (bicyclic) bond motifs is 1. The molecule has 1 aliphatic rings. The second kappa shape index (κ2) is 8.46. The lowest BCUT2D eigenvalue weighted by atomic mass is 10.0. The number of rotatable bonds is 4. The van der Waals surface area contributed by atoms with E-state index in [1.165, 1.54) is 0 Å². The minimum Gasteiger partial charge on any atom is -0.461 e. The molecule has 1 aromatic heterocycles. The van der Waals surface area contributed by atoms with Crippen LogP contribution in [-0.2, 0) is 22.6 Å². The molecule has 0 bridgehead atoms. The van der Waals surface area contributed by atoms with Gasteiger partial charge in [-0.05, 0) is 45.7 Å². The van der Waals surface area contributed by atoms with Crippen LogP contribution in [0, 0.1) is 13.8 Å². The smallest absolute Gasteiger partial charge is 0.410 e. The normalized spacial score (nSPS) is 14.8. The van der Waals surface area contributed by atoms with Crippen LogP contribution in [0.2, 0.25) is 0 Å². The molecule has 2 heterocycles. The van der Waals surface area contributed by atoms with E-state index in [9.17, 15) is 9.59 Å². The summed E-state index contributed by atoms with van der Waals surface area (Å²) in [5.41, 5.74) is 4.34. The number of aryl methyl sites for hydroxylation is 3. The van der Waals surface area contributed by atoms with Crippen molar-refractivity contribution in [2.45, 2.75) is 53.3 Å². The molecule has 0 aliphatic carbocycles. The largest absolute Gasteiger partial charge is 0.461 e. The second-order valence-corrected chi connectivity index (χ2v) is 7.19. The van der Waals surface area contributed by atoms with Gasteiger partial charge in [0.1, 0.15) is 6.10 Å². The van der Waals surface area contributed by atoms with Crippen LogP contribution in [0.5, 0.6) is 0 Å². The predicted octanol–water partition coefficient (Wildman–Crippen LogP) is 3.78. The number of benzene rings is 1. The molecule has 1 aliphatic heterocycles. The van der Waals surface area contributed by atoms with Crippen LogP contribution in [0.25, 0.3) is 0 Å². The standard InChI is InChI=1S/C21H27N3O4/c1-5-27-20(25)19-12-18-13-23(7-6-8-24(18)22-19)21(26)28-16(4)17-10-14(2)9-15(3)11-17/h9-12,16H,5-8,13H2,1-4H3. The Balaban J connectivity index is 1.70.